The minimum absolute atomic E-state index is 0.0107. The number of hydrogen-bond donors (Lipinski definition) is 1. The summed E-state index contributed by atoms with van der Waals surface area (Å²) < 4.78 is 5.45. The predicted octanol–water partition coefficient (Wildman–Crippen LogP) is 2.42. The maximum atomic E-state index is 12.4. The lowest BCUT2D eigenvalue weighted by Crippen LogP contribution is -2.49. The minimum Gasteiger partial charge on any atom is -0.482 e. The van der Waals surface area contributed by atoms with Gasteiger partial charge in [-0.3, -0.25) is 14.5 Å². The van der Waals surface area contributed by atoms with Gasteiger partial charge in [0.2, 0.25) is 5.91 Å². The zero-order valence-electron chi connectivity index (χ0n) is 13.8. The SMILES string of the molecule is Cc1ccc2c(c1)N(CC(=O)N[C@@H]1CCCC[C@@H]1C)C(=O)CO2. The second-order valence-electron chi connectivity index (χ2n) is 6.68. The molecule has 1 aliphatic heterocycles. The maximum Gasteiger partial charge on any atom is 0.265 e. The van der Waals surface area contributed by atoms with Crippen molar-refractivity contribution < 1.29 is 14.3 Å². The van der Waals surface area contributed by atoms with Gasteiger partial charge in [0.25, 0.3) is 5.91 Å². The topological polar surface area (TPSA) is 58.6 Å². The van der Waals surface area contributed by atoms with Gasteiger partial charge < -0.3 is 10.1 Å². The fraction of sp³-hybridized carbons (Fsp3) is 0.556. The van der Waals surface area contributed by atoms with Gasteiger partial charge >= 0.3 is 0 Å². The van der Waals surface area contributed by atoms with Crippen LogP contribution >= 0.6 is 0 Å². The molecule has 0 spiro atoms. The molecule has 1 aliphatic carbocycles. The van der Waals surface area contributed by atoms with Crippen LogP contribution in [-0.4, -0.2) is 31.0 Å². The Kier molecular flexibility index (Phi) is 4.55. The van der Waals surface area contributed by atoms with E-state index in [4.69, 9.17) is 4.74 Å². The van der Waals surface area contributed by atoms with Crippen LogP contribution in [0.3, 0.4) is 0 Å². The highest BCUT2D eigenvalue weighted by molar-refractivity contribution is 6.02. The van der Waals surface area contributed by atoms with E-state index in [0.717, 1.165) is 24.8 Å². The highest BCUT2D eigenvalue weighted by atomic mass is 16.5. The summed E-state index contributed by atoms with van der Waals surface area (Å²) in [6.45, 7) is 4.19. The smallest absolute Gasteiger partial charge is 0.265 e. The Morgan fingerprint density at radius 2 is 2.13 bits per heavy atom. The standard InChI is InChI=1S/C18H24N2O3/c1-12-7-8-16-15(9-12)20(18(22)11-23-16)10-17(21)19-14-6-4-3-5-13(14)2/h7-9,13-14H,3-6,10-11H2,1-2H3,(H,19,21)/t13-,14+/m0/s1. The summed E-state index contributed by atoms with van der Waals surface area (Å²) in [6.07, 6.45) is 4.58. The summed E-state index contributed by atoms with van der Waals surface area (Å²) in [5, 5.41) is 3.11. The number of carbonyl (C=O) groups excluding carboxylic acids is 2. The molecule has 3 rings (SSSR count). The molecular formula is C18H24N2O3. The molecule has 1 N–H and O–H groups in total. The third-order valence-corrected chi connectivity index (χ3v) is 4.82. The van der Waals surface area contributed by atoms with Crippen molar-refractivity contribution in [2.45, 2.75) is 45.6 Å². The number of aryl methyl sites for hydroxylation is 1. The zero-order valence-corrected chi connectivity index (χ0v) is 13.8. The zero-order chi connectivity index (χ0) is 16.4. The van der Waals surface area contributed by atoms with Crippen molar-refractivity contribution in [1.82, 2.24) is 5.32 Å². The summed E-state index contributed by atoms with van der Waals surface area (Å²) in [7, 11) is 0. The molecule has 1 aromatic rings. The average Bonchev–Trinajstić information content (AvgIpc) is 2.52. The second kappa shape index (κ2) is 6.60. The van der Waals surface area contributed by atoms with E-state index in [-0.39, 0.29) is 31.0 Å². The fourth-order valence-corrected chi connectivity index (χ4v) is 3.41. The highest BCUT2D eigenvalue weighted by Gasteiger charge is 2.29. The molecule has 2 aliphatic rings. The van der Waals surface area contributed by atoms with Crippen LogP contribution in [0.5, 0.6) is 5.75 Å². The first-order valence-electron chi connectivity index (χ1n) is 8.38. The number of rotatable bonds is 3. The number of nitrogens with zero attached hydrogens (tertiary/aromatic N) is 1. The number of nitrogens with one attached hydrogen (secondary N) is 1. The first-order valence-corrected chi connectivity index (χ1v) is 8.38. The molecule has 1 saturated carbocycles. The first kappa shape index (κ1) is 15.8. The van der Waals surface area contributed by atoms with Crippen LogP contribution < -0.4 is 15.0 Å². The van der Waals surface area contributed by atoms with Crippen molar-refractivity contribution in [2.75, 3.05) is 18.1 Å². The average molecular weight is 316 g/mol. The van der Waals surface area contributed by atoms with E-state index >= 15 is 0 Å². The molecule has 2 amide bonds. The number of carbonyl (C=O) groups is 2. The molecule has 23 heavy (non-hydrogen) atoms. The lowest BCUT2D eigenvalue weighted by atomic mass is 9.86. The number of benzene rings is 1. The van der Waals surface area contributed by atoms with E-state index in [2.05, 4.69) is 12.2 Å². The van der Waals surface area contributed by atoms with Gasteiger partial charge in [-0.25, -0.2) is 0 Å². The summed E-state index contributed by atoms with van der Waals surface area (Å²) >= 11 is 0. The van der Waals surface area contributed by atoms with Gasteiger partial charge in [0.15, 0.2) is 6.61 Å². The van der Waals surface area contributed by atoms with Gasteiger partial charge in [-0.15, -0.1) is 0 Å². The molecule has 5 heteroatoms. The summed E-state index contributed by atoms with van der Waals surface area (Å²) in [6, 6.07) is 5.91. The van der Waals surface area contributed by atoms with E-state index < -0.39 is 0 Å². The molecule has 2 atom stereocenters. The van der Waals surface area contributed by atoms with Crippen molar-refractivity contribution in [1.29, 1.82) is 0 Å². The van der Waals surface area contributed by atoms with Gasteiger partial charge in [-0.05, 0) is 43.4 Å². The van der Waals surface area contributed by atoms with Gasteiger partial charge in [0.1, 0.15) is 12.3 Å². The van der Waals surface area contributed by atoms with Gasteiger partial charge in [0, 0.05) is 6.04 Å². The van der Waals surface area contributed by atoms with Gasteiger partial charge in [0.05, 0.1) is 5.69 Å². The van der Waals surface area contributed by atoms with Crippen molar-refractivity contribution >= 4 is 17.5 Å². The molecule has 124 valence electrons. The summed E-state index contributed by atoms with van der Waals surface area (Å²) in [5.74, 6) is 0.901. The van der Waals surface area contributed by atoms with Crippen molar-refractivity contribution in [3.8, 4) is 5.75 Å². The van der Waals surface area contributed by atoms with E-state index in [9.17, 15) is 9.59 Å². The predicted molar refractivity (Wildman–Crippen MR) is 88.6 cm³/mol. The minimum atomic E-state index is -0.171. The van der Waals surface area contributed by atoms with Gasteiger partial charge in [-0.2, -0.15) is 0 Å². The van der Waals surface area contributed by atoms with Gasteiger partial charge in [-0.1, -0.05) is 25.8 Å². The Balaban J connectivity index is 1.70. The van der Waals surface area contributed by atoms with Crippen LogP contribution in [-0.2, 0) is 9.59 Å². The quantitative estimate of drug-likeness (QED) is 0.931. The van der Waals surface area contributed by atoms with Crippen LogP contribution in [0, 0.1) is 12.8 Å². The van der Waals surface area contributed by atoms with Crippen molar-refractivity contribution in [3.63, 3.8) is 0 Å². The van der Waals surface area contributed by atoms with E-state index in [1.807, 2.05) is 25.1 Å². The number of amides is 2. The first-order chi connectivity index (χ1) is 11.0. The third-order valence-electron chi connectivity index (χ3n) is 4.82. The van der Waals surface area contributed by atoms with Crippen LogP contribution in [0.1, 0.15) is 38.2 Å². The van der Waals surface area contributed by atoms with E-state index in [1.54, 1.807) is 0 Å². The lowest BCUT2D eigenvalue weighted by Gasteiger charge is -2.32. The Labute approximate surface area is 137 Å². The molecular weight excluding hydrogens is 292 g/mol. The van der Waals surface area contributed by atoms with Crippen molar-refractivity contribution in [2.24, 2.45) is 5.92 Å². The molecule has 0 saturated heterocycles. The van der Waals surface area contributed by atoms with Crippen molar-refractivity contribution in [3.05, 3.63) is 23.8 Å². The number of hydrogen-bond acceptors (Lipinski definition) is 3. The molecule has 0 unspecified atom stereocenters. The Morgan fingerprint density at radius 3 is 2.91 bits per heavy atom. The number of fused-ring (bicyclic) bond motifs is 1. The molecule has 1 fully saturated rings. The molecule has 0 aromatic heterocycles. The monoisotopic (exact) mass is 316 g/mol. The van der Waals surface area contributed by atoms with Crippen LogP contribution in [0.4, 0.5) is 5.69 Å². The Bertz CT molecular complexity index is 614. The molecule has 5 nitrogen and oxygen atoms in total. The largest absolute Gasteiger partial charge is 0.482 e. The molecule has 1 aromatic carbocycles. The second-order valence-corrected chi connectivity index (χ2v) is 6.68. The van der Waals surface area contributed by atoms with Crippen LogP contribution in [0.15, 0.2) is 18.2 Å². The fourth-order valence-electron chi connectivity index (χ4n) is 3.41. The normalized spacial score (nSPS) is 23.9. The van der Waals surface area contributed by atoms with Crippen LogP contribution in [0.25, 0.3) is 0 Å². The Morgan fingerprint density at radius 1 is 1.35 bits per heavy atom. The molecule has 0 bridgehead atoms. The number of ether oxygens (including phenoxy) is 1. The third kappa shape index (κ3) is 3.49. The molecule has 0 radical (unpaired) electrons. The number of anilines is 1. The summed E-state index contributed by atoms with van der Waals surface area (Å²) in [5.41, 5.74) is 1.72. The maximum absolute atomic E-state index is 12.4. The molecule has 1 heterocycles. The van der Waals surface area contributed by atoms with E-state index in [0.29, 0.717) is 17.4 Å². The van der Waals surface area contributed by atoms with Crippen LogP contribution in [0.2, 0.25) is 0 Å². The Hall–Kier alpha value is -2.04. The summed E-state index contributed by atoms with van der Waals surface area (Å²) in [4.78, 5) is 26.1. The van der Waals surface area contributed by atoms with E-state index in [1.165, 1.54) is 11.3 Å². The highest BCUT2D eigenvalue weighted by Crippen LogP contribution is 2.32. The lowest BCUT2D eigenvalue weighted by molar-refractivity contribution is -0.126.